The van der Waals surface area contributed by atoms with Crippen LogP contribution in [-0.2, 0) is 0 Å². The summed E-state index contributed by atoms with van der Waals surface area (Å²) in [6.07, 6.45) is 5.07. The number of amides is 1. The van der Waals surface area contributed by atoms with Crippen LogP contribution in [0.4, 0.5) is 10.1 Å². The van der Waals surface area contributed by atoms with Gasteiger partial charge >= 0.3 is 0 Å². The molecule has 0 fully saturated rings. The number of para-hydroxylation sites is 1. The summed E-state index contributed by atoms with van der Waals surface area (Å²) in [5.74, 6) is 5.87. The van der Waals surface area contributed by atoms with E-state index in [4.69, 9.17) is 5.84 Å². The minimum Gasteiger partial charge on any atom is -0.339 e. The second-order valence-corrected chi connectivity index (χ2v) is 7.40. The van der Waals surface area contributed by atoms with E-state index in [1.54, 1.807) is 30.4 Å². The fourth-order valence-electron chi connectivity index (χ4n) is 3.67. The molecule has 1 aromatic heterocycles. The Morgan fingerprint density at radius 3 is 2.26 bits per heavy atom. The maximum Gasteiger partial charge on any atom is 0.258 e. The van der Waals surface area contributed by atoms with Gasteiger partial charge in [-0.15, -0.1) is 0 Å². The number of aromatic nitrogens is 1. The summed E-state index contributed by atoms with van der Waals surface area (Å²) in [5.41, 5.74) is 4.41. The maximum atomic E-state index is 13.6. The standard InChI is InChI=1S/C26H26FN3O/c1-5-10-18(6-2)22-23(26(31)29-21-11-8-7-9-12-21)24(17(3)4)30(28)25(22)19-13-15-20(27)16-14-19/h5-17H,1-2,28H2,3-4H3,(H,29,31)/b18-10+. The maximum absolute atomic E-state index is 13.6. The number of nitrogens with zero attached hydrogens (tertiary/aromatic N) is 1. The van der Waals surface area contributed by atoms with Gasteiger partial charge in [0.2, 0.25) is 0 Å². The highest BCUT2D eigenvalue weighted by Crippen LogP contribution is 2.39. The molecular formula is C26H26FN3O. The smallest absolute Gasteiger partial charge is 0.258 e. The van der Waals surface area contributed by atoms with E-state index in [9.17, 15) is 9.18 Å². The van der Waals surface area contributed by atoms with Gasteiger partial charge in [-0.1, -0.05) is 63.4 Å². The Hall–Kier alpha value is -3.86. The highest BCUT2D eigenvalue weighted by Gasteiger charge is 2.30. The van der Waals surface area contributed by atoms with Crippen molar-refractivity contribution >= 4 is 17.2 Å². The molecule has 31 heavy (non-hydrogen) atoms. The van der Waals surface area contributed by atoms with Crippen molar-refractivity contribution in [2.24, 2.45) is 0 Å². The summed E-state index contributed by atoms with van der Waals surface area (Å²) in [6, 6.07) is 15.3. The number of hydrogen-bond acceptors (Lipinski definition) is 2. The van der Waals surface area contributed by atoms with Crippen molar-refractivity contribution < 1.29 is 9.18 Å². The molecule has 2 aromatic carbocycles. The van der Waals surface area contributed by atoms with Crippen LogP contribution in [-0.4, -0.2) is 10.6 Å². The Morgan fingerprint density at radius 2 is 1.71 bits per heavy atom. The van der Waals surface area contributed by atoms with E-state index >= 15 is 0 Å². The quantitative estimate of drug-likeness (QED) is 0.360. The Morgan fingerprint density at radius 1 is 1.06 bits per heavy atom. The first-order valence-electron chi connectivity index (χ1n) is 10.0. The van der Waals surface area contributed by atoms with Crippen molar-refractivity contribution in [3.05, 3.63) is 109 Å². The predicted octanol–water partition coefficient (Wildman–Crippen LogP) is 6.14. The first-order valence-corrected chi connectivity index (χ1v) is 10.0. The Labute approximate surface area is 182 Å². The van der Waals surface area contributed by atoms with Gasteiger partial charge in [-0.3, -0.25) is 9.47 Å². The zero-order valence-corrected chi connectivity index (χ0v) is 17.7. The molecule has 0 aliphatic rings. The van der Waals surface area contributed by atoms with Crippen LogP contribution in [0.15, 0.2) is 86.0 Å². The lowest BCUT2D eigenvalue weighted by molar-refractivity contribution is 0.102. The number of hydrogen-bond donors (Lipinski definition) is 2. The highest BCUT2D eigenvalue weighted by atomic mass is 19.1. The average Bonchev–Trinajstić information content (AvgIpc) is 3.06. The van der Waals surface area contributed by atoms with Gasteiger partial charge in [-0.2, -0.15) is 0 Å². The molecule has 5 heteroatoms. The average molecular weight is 416 g/mol. The van der Waals surface area contributed by atoms with Gasteiger partial charge in [0.1, 0.15) is 5.82 Å². The predicted molar refractivity (Wildman–Crippen MR) is 127 cm³/mol. The molecule has 0 radical (unpaired) electrons. The first kappa shape index (κ1) is 21.8. The highest BCUT2D eigenvalue weighted by molar-refractivity contribution is 6.11. The van der Waals surface area contributed by atoms with Crippen molar-refractivity contribution in [2.45, 2.75) is 19.8 Å². The van der Waals surface area contributed by atoms with E-state index in [0.29, 0.717) is 39.3 Å². The number of allylic oxidation sites excluding steroid dienone is 4. The van der Waals surface area contributed by atoms with Crippen LogP contribution < -0.4 is 11.2 Å². The number of carbonyl (C=O) groups is 1. The number of rotatable bonds is 7. The zero-order chi connectivity index (χ0) is 22.5. The largest absolute Gasteiger partial charge is 0.339 e. The topological polar surface area (TPSA) is 60.0 Å². The van der Waals surface area contributed by atoms with Crippen molar-refractivity contribution in [2.75, 3.05) is 11.2 Å². The molecule has 0 spiro atoms. The third kappa shape index (κ3) is 4.36. The van der Waals surface area contributed by atoms with Gasteiger partial charge in [-0.05, 0) is 47.9 Å². The molecule has 0 saturated carbocycles. The number of halogens is 1. The second-order valence-electron chi connectivity index (χ2n) is 7.40. The van der Waals surface area contributed by atoms with E-state index in [1.165, 1.54) is 16.8 Å². The molecule has 0 saturated heterocycles. The van der Waals surface area contributed by atoms with E-state index in [1.807, 2.05) is 44.2 Å². The molecule has 0 aliphatic heterocycles. The molecule has 0 unspecified atom stereocenters. The molecule has 0 bridgehead atoms. The van der Waals surface area contributed by atoms with Crippen LogP contribution in [0.2, 0.25) is 0 Å². The van der Waals surface area contributed by atoms with Gasteiger partial charge in [0, 0.05) is 16.8 Å². The van der Waals surface area contributed by atoms with Crippen LogP contribution in [0.25, 0.3) is 16.8 Å². The van der Waals surface area contributed by atoms with Crippen LogP contribution >= 0.6 is 0 Å². The Balaban J connectivity index is 2.34. The number of anilines is 1. The third-order valence-corrected chi connectivity index (χ3v) is 4.97. The van der Waals surface area contributed by atoms with Crippen LogP contribution in [0.1, 0.15) is 41.4 Å². The van der Waals surface area contributed by atoms with Gasteiger partial charge < -0.3 is 11.2 Å². The fourth-order valence-corrected chi connectivity index (χ4v) is 3.67. The lowest BCUT2D eigenvalue weighted by Crippen LogP contribution is -2.19. The molecule has 1 amide bonds. The van der Waals surface area contributed by atoms with Gasteiger partial charge in [-0.25, -0.2) is 4.39 Å². The first-order chi connectivity index (χ1) is 14.9. The Bertz CT molecular complexity index is 1140. The molecule has 3 N–H and O–H groups in total. The number of benzene rings is 2. The SMILES string of the molecule is C=C/C=C(\C=C)c1c(C(=O)Nc2ccccc2)c(C(C)C)n(N)c1-c1ccc(F)cc1. The molecule has 0 aliphatic carbocycles. The molecule has 158 valence electrons. The molecule has 1 heterocycles. The fraction of sp³-hybridized carbons (Fsp3) is 0.115. The third-order valence-electron chi connectivity index (χ3n) is 4.97. The summed E-state index contributed by atoms with van der Waals surface area (Å²) in [6.45, 7) is 11.6. The van der Waals surface area contributed by atoms with Crippen molar-refractivity contribution in [1.82, 2.24) is 4.68 Å². The van der Waals surface area contributed by atoms with Gasteiger partial charge in [0.25, 0.3) is 5.91 Å². The normalized spacial score (nSPS) is 11.4. The molecule has 3 aromatic rings. The molecule has 4 nitrogen and oxygen atoms in total. The number of nitrogen functional groups attached to an aromatic ring is 1. The van der Waals surface area contributed by atoms with Crippen LogP contribution in [0.5, 0.6) is 0 Å². The minimum absolute atomic E-state index is 0.0516. The lowest BCUT2D eigenvalue weighted by Gasteiger charge is -2.12. The number of nitrogens with two attached hydrogens (primary N) is 1. The lowest BCUT2D eigenvalue weighted by atomic mass is 9.94. The van der Waals surface area contributed by atoms with E-state index in [-0.39, 0.29) is 17.6 Å². The summed E-state index contributed by atoms with van der Waals surface area (Å²) < 4.78 is 15.1. The molecule has 3 rings (SSSR count). The summed E-state index contributed by atoms with van der Waals surface area (Å²) in [7, 11) is 0. The van der Waals surface area contributed by atoms with Crippen molar-refractivity contribution in [1.29, 1.82) is 0 Å². The molecule has 0 atom stereocenters. The monoisotopic (exact) mass is 415 g/mol. The van der Waals surface area contributed by atoms with Gasteiger partial charge in [0.05, 0.1) is 17.0 Å². The van der Waals surface area contributed by atoms with Crippen molar-refractivity contribution in [3.8, 4) is 11.3 Å². The number of carbonyl (C=O) groups excluding carboxylic acids is 1. The van der Waals surface area contributed by atoms with Crippen molar-refractivity contribution in [3.63, 3.8) is 0 Å². The second kappa shape index (κ2) is 9.30. The summed E-state index contributed by atoms with van der Waals surface area (Å²) >= 11 is 0. The summed E-state index contributed by atoms with van der Waals surface area (Å²) in [5, 5.41) is 2.96. The number of nitrogens with one attached hydrogen (secondary N) is 1. The van der Waals surface area contributed by atoms with Crippen LogP contribution in [0.3, 0.4) is 0 Å². The van der Waals surface area contributed by atoms with Crippen LogP contribution in [0, 0.1) is 5.82 Å². The van der Waals surface area contributed by atoms with E-state index in [2.05, 4.69) is 18.5 Å². The summed E-state index contributed by atoms with van der Waals surface area (Å²) in [4.78, 5) is 13.5. The minimum atomic E-state index is -0.350. The van der Waals surface area contributed by atoms with E-state index < -0.39 is 0 Å². The zero-order valence-electron chi connectivity index (χ0n) is 17.7. The van der Waals surface area contributed by atoms with Gasteiger partial charge in [0.15, 0.2) is 0 Å². The molecular weight excluding hydrogens is 389 g/mol. The Kier molecular flexibility index (Phi) is 6.55. The van der Waals surface area contributed by atoms with E-state index in [0.717, 1.165) is 0 Å².